The van der Waals surface area contributed by atoms with Crippen molar-refractivity contribution in [2.75, 3.05) is 6.54 Å². The van der Waals surface area contributed by atoms with E-state index >= 15 is 0 Å². The molecule has 0 spiro atoms. The topological polar surface area (TPSA) is 64.2 Å². The van der Waals surface area contributed by atoms with Crippen LogP contribution in [0.3, 0.4) is 0 Å². The summed E-state index contributed by atoms with van der Waals surface area (Å²) in [6.45, 7) is 8.97. The maximum Gasteiger partial charge on any atom is 0.226 e. The molecule has 0 bridgehead atoms. The maximum absolute atomic E-state index is 12.9. The number of hydrogen-bond donors (Lipinski definition) is 1. The van der Waals surface area contributed by atoms with E-state index < -0.39 is 0 Å². The van der Waals surface area contributed by atoms with Gasteiger partial charge in [0.25, 0.3) is 0 Å². The lowest BCUT2D eigenvalue weighted by Gasteiger charge is -2.39. The molecule has 3 unspecified atom stereocenters. The summed E-state index contributed by atoms with van der Waals surface area (Å²) in [6.07, 6.45) is 4.05. The number of likely N-dealkylation sites (tertiary alicyclic amines) is 1. The highest BCUT2D eigenvalue weighted by atomic mass is 16.2. The summed E-state index contributed by atoms with van der Waals surface area (Å²) in [5.74, 6) is 0.214. The molecule has 1 aliphatic rings. The molecule has 1 amide bonds. The SMILES string of the molecule is Cc1nn(C)c(C)c1CC(C)C(=O)N1CCCCC1C(C)N. The maximum atomic E-state index is 12.9. The Kier molecular flexibility index (Phi) is 5.27. The highest BCUT2D eigenvalue weighted by Crippen LogP contribution is 2.24. The first-order valence-electron chi connectivity index (χ1n) is 8.38. The first-order valence-corrected chi connectivity index (χ1v) is 8.38. The van der Waals surface area contributed by atoms with Gasteiger partial charge in [0.2, 0.25) is 5.91 Å². The summed E-state index contributed by atoms with van der Waals surface area (Å²) in [5, 5.41) is 4.45. The van der Waals surface area contributed by atoms with Crippen LogP contribution in [0.1, 0.15) is 50.1 Å². The van der Waals surface area contributed by atoms with Gasteiger partial charge in [-0.15, -0.1) is 0 Å². The van der Waals surface area contributed by atoms with Crippen LogP contribution in [-0.4, -0.2) is 39.2 Å². The van der Waals surface area contributed by atoms with Gasteiger partial charge in [0.05, 0.1) is 5.69 Å². The van der Waals surface area contributed by atoms with E-state index in [2.05, 4.69) is 12.0 Å². The molecule has 1 saturated heterocycles. The number of piperidine rings is 1. The molecule has 2 heterocycles. The predicted octanol–water partition coefficient (Wildman–Crippen LogP) is 1.94. The number of aryl methyl sites for hydroxylation is 2. The highest BCUT2D eigenvalue weighted by molar-refractivity contribution is 5.79. The van der Waals surface area contributed by atoms with Crippen molar-refractivity contribution >= 4 is 5.91 Å². The van der Waals surface area contributed by atoms with Crippen LogP contribution in [0.15, 0.2) is 0 Å². The van der Waals surface area contributed by atoms with Crippen molar-refractivity contribution in [2.24, 2.45) is 18.7 Å². The van der Waals surface area contributed by atoms with Crippen molar-refractivity contribution in [3.8, 4) is 0 Å². The van der Waals surface area contributed by atoms with E-state index in [1.807, 2.05) is 37.4 Å². The first kappa shape index (κ1) is 17.0. The molecule has 1 aliphatic heterocycles. The standard InChI is InChI=1S/C17H30N4O/c1-11(10-15-13(3)19-20(5)14(15)4)17(22)21-9-7-6-8-16(21)12(2)18/h11-12,16H,6-10,18H2,1-5H3. The van der Waals surface area contributed by atoms with Crippen LogP contribution < -0.4 is 5.73 Å². The van der Waals surface area contributed by atoms with E-state index in [9.17, 15) is 4.79 Å². The molecule has 22 heavy (non-hydrogen) atoms. The molecule has 1 fully saturated rings. The van der Waals surface area contributed by atoms with Gasteiger partial charge in [-0.1, -0.05) is 6.92 Å². The molecule has 0 saturated carbocycles. The molecule has 5 heteroatoms. The Balaban J connectivity index is 2.11. The number of rotatable bonds is 4. The van der Waals surface area contributed by atoms with Crippen molar-refractivity contribution in [1.82, 2.24) is 14.7 Å². The van der Waals surface area contributed by atoms with Gasteiger partial charge in [0.1, 0.15) is 0 Å². The van der Waals surface area contributed by atoms with Gasteiger partial charge in [-0.2, -0.15) is 5.10 Å². The molecular formula is C17H30N4O. The minimum atomic E-state index is -0.0269. The molecule has 0 radical (unpaired) electrons. The van der Waals surface area contributed by atoms with Crippen LogP contribution in [0.4, 0.5) is 0 Å². The van der Waals surface area contributed by atoms with Crippen LogP contribution in [0.2, 0.25) is 0 Å². The van der Waals surface area contributed by atoms with Crippen molar-refractivity contribution < 1.29 is 4.79 Å². The summed E-state index contributed by atoms with van der Waals surface area (Å²) >= 11 is 0. The molecule has 1 aromatic heterocycles. The Labute approximate surface area is 133 Å². The van der Waals surface area contributed by atoms with E-state index in [1.165, 1.54) is 12.0 Å². The van der Waals surface area contributed by atoms with Crippen molar-refractivity contribution in [3.05, 3.63) is 17.0 Å². The van der Waals surface area contributed by atoms with E-state index in [4.69, 9.17) is 5.73 Å². The Morgan fingerprint density at radius 3 is 2.59 bits per heavy atom. The van der Waals surface area contributed by atoms with E-state index in [1.54, 1.807) is 0 Å². The minimum absolute atomic E-state index is 0.0269. The molecule has 0 aliphatic carbocycles. The number of amides is 1. The second-order valence-electron chi connectivity index (χ2n) is 6.83. The zero-order valence-electron chi connectivity index (χ0n) is 14.6. The van der Waals surface area contributed by atoms with E-state index in [0.29, 0.717) is 0 Å². The van der Waals surface area contributed by atoms with Gasteiger partial charge in [-0.3, -0.25) is 9.48 Å². The molecular weight excluding hydrogens is 276 g/mol. The van der Waals surface area contributed by atoms with Crippen molar-refractivity contribution in [1.29, 1.82) is 0 Å². The summed E-state index contributed by atoms with van der Waals surface area (Å²) in [6, 6.07) is 0.234. The molecule has 124 valence electrons. The van der Waals surface area contributed by atoms with Gasteiger partial charge in [-0.05, 0) is 52.0 Å². The van der Waals surface area contributed by atoms with Crippen molar-refractivity contribution in [3.63, 3.8) is 0 Å². The summed E-state index contributed by atoms with van der Waals surface area (Å²) in [4.78, 5) is 14.9. The lowest BCUT2D eigenvalue weighted by Crippen LogP contribution is -2.53. The monoisotopic (exact) mass is 306 g/mol. The fourth-order valence-electron chi connectivity index (χ4n) is 3.57. The van der Waals surface area contributed by atoms with Crippen LogP contribution >= 0.6 is 0 Å². The number of carbonyl (C=O) groups is 1. The summed E-state index contributed by atoms with van der Waals surface area (Å²) < 4.78 is 1.90. The number of carbonyl (C=O) groups excluding carboxylic acids is 1. The smallest absolute Gasteiger partial charge is 0.226 e. The van der Waals surface area contributed by atoms with Crippen molar-refractivity contribution in [2.45, 2.75) is 65.5 Å². The molecule has 2 N–H and O–H groups in total. The molecule has 5 nitrogen and oxygen atoms in total. The third-order valence-electron chi connectivity index (χ3n) is 5.03. The fourth-order valence-corrected chi connectivity index (χ4v) is 3.57. The number of nitrogens with two attached hydrogens (primary N) is 1. The normalized spacial score (nSPS) is 21.7. The largest absolute Gasteiger partial charge is 0.338 e. The zero-order valence-corrected chi connectivity index (χ0v) is 14.6. The predicted molar refractivity (Wildman–Crippen MR) is 88.6 cm³/mol. The first-order chi connectivity index (χ1) is 10.3. The summed E-state index contributed by atoms with van der Waals surface area (Å²) in [5.41, 5.74) is 9.48. The Hall–Kier alpha value is -1.36. The average Bonchev–Trinajstić information content (AvgIpc) is 2.72. The summed E-state index contributed by atoms with van der Waals surface area (Å²) in [7, 11) is 1.95. The second-order valence-corrected chi connectivity index (χ2v) is 6.83. The Bertz CT molecular complexity index is 535. The Morgan fingerprint density at radius 1 is 1.36 bits per heavy atom. The number of nitrogens with zero attached hydrogens (tertiary/aromatic N) is 3. The van der Waals surface area contributed by atoms with Crippen LogP contribution in [0, 0.1) is 19.8 Å². The average molecular weight is 306 g/mol. The quantitative estimate of drug-likeness (QED) is 0.924. The third kappa shape index (κ3) is 3.35. The van der Waals surface area contributed by atoms with Gasteiger partial charge in [0.15, 0.2) is 0 Å². The zero-order chi connectivity index (χ0) is 16.4. The third-order valence-corrected chi connectivity index (χ3v) is 5.03. The lowest BCUT2D eigenvalue weighted by atomic mass is 9.93. The van der Waals surface area contributed by atoms with Gasteiger partial charge < -0.3 is 10.6 Å². The van der Waals surface area contributed by atoms with E-state index in [-0.39, 0.29) is 23.9 Å². The fraction of sp³-hybridized carbons (Fsp3) is 0.765. The highest BCUT2D eigenvalue weighted by Gasteiger charge is 2.32. The molecule has 2 rings (SSSR count). The number of hydrogen-bond acceptors (Lipinski definition) is 3. The van der Waals surface area contributed by atoms with Gasteiger partial charge in [-0.25, -0.2) is 0 Å². The van der Waals surface area contributed by atoms with Gasteiger partial charge >= 0.3 is 0 Å². The molecule has 0 aromatic carbocycles. The van der Waals surface area contributed by atoms with E-state index in [0.717, 1.165) is 37.2 Å². The second kappa shape index (κ2) is 6.82. The van der Waals surface area contributed by atoms with Crippen LogP contribution in [0.5, 0.6) is 0 Å². The van der Waals surface area contributed by atoms with Gasteiger partial charge in [0, 0.05) is 37.3 Å². The van der Waals surface area contributed by atoms with Crippen LogP contribution in [0.25, 0.3) is 0 Å². The number of aromatic nitrogens is 2. The lowest BCUT2D eigenvalue weighted by molar-refractivity contribution is -0.139. The Morgan fingerprint density at radius 2 is 2.05 bits per heavy atom. The van der Waals surface area contributed by atoms with Crippen LogP contribution in [-0.2, 0) is 18.3 Å². The molecule has 3 atom stereocenters. The minimum Gasteiger partial charge on any atom is -0.338 e. The molecule has 1 aromatic rings.